The molecule has 10 heteroatoms. The molecule has 2 unspecified atom stereocenters. The maximum absolute atomic E-state index is 14.0. The Hall–Kier alpha value is -3.92. The second kappa shape index (κ2) is 13.4. The molecule has 2 amide bonds. The highest BCUT2D eigenvalue weighted by atomic mass is 32.2. The number of anilines is 1. The zero-order valence-corrected chi connectivity index (χ0v) is 24.2. The van der Waals surface area contributed by atoms with Crippen molar-refractivity contribution in [2.75, 3.05) is 18.0 Å². The van der Waals surface area contributed by atoms with Gasteiger partial charge in [0.1, 0.15) is 24.2 Å². The Morgan fingerprint density at radius 3 is 2.25 bits per heavy atom. The third-order valence-electron chi connectivity index (χ3n) is 6.65. The first-order valence-corrected chi connectivity index (χ1v) is 14.5. The number of nitrogens with one attached hydrogen (secondary N) is 1. The Bertz CT molecular complexity index is 1420. The number of nitrogens with zero attached hydrogens (tertiary/aromatic N) is 2. The smallest absolute Gasteiger partial charge is 0.264 e. The van der Waals surface area contributed by atoms with Crippen LogP contribution >= 0.6 is 0 Å². The summed E-state index contributed by atoms with van der Waals surface area (Å²) in [6.45, 7) is 6.55. The van der Waals surface area contributed by atoms with Crippen molar-refractivity contribution < 1.29 is 27.1 Å². The van der Waals surface area contributed by atoms with E-state index in [0.717, 1.165) is 9.87 Å². The molecule has 8 nitrogen and oxygen atoms in total. The molecule has 0 fully saturated rings. The second-order valence-corrected chi connectivity index (χ2v) is 11.5. The van der Waals surface area contributed by atoms with Gasteiger partial charge >= 0.3 is 0 Å². The molecule has 0 aliphatic rings. The zero-order valence-electron chi connectivity index (χ0n) is 23.4. The number of halogens is 1. The summed E-state index contributed by atoms with van der Waals surface area (Å²) in [7, 11) is -2.80. The lowest BCUT2D eigenvalue weighted by atomic mass is 10.1. The summed E-state index contributed by atoms with van der Waals surface area (Å²) in [5.74, 6) is -1.16. The Kier molecular flexibility index (Phi) is 10.3. The summed E-state index contributed by atoms with van der Waals surface area (Å²) in [4.78, 5) is 28.4. The van der Waals surface area contributed by atoms with Gasteiger partial charge in [-0.2, -0.15) is 0 Å². The normalized spacial score (nSPS) is 12.8. The van der Waals surface area contributed by atoms with E-state index in [1.807, 2.05) is 13.8 Å². The van der Waals surface area contributed by atoms with Crippen molar-refractivity contribution in [1.29, 1.82) is 0 Å². The number of amides is 2. The van der Waals surface area contributed by atoms with Crippen molar-refractivity contribution in [3.8, 4) is 5.75 Å². The van der Waals surface area contributed by atoms with E-state index in [9.17, 15) is 22.4 Å². The van der Waals surface area contributed by atoms with Gasteiger partial charge in [0.05, 0.1) is 17.7 Å². The fraction of sp³-hybridized carbons (Fsp3) is 0.333. The Balaban J connectivity index is 2.08. The van der Waals surface area contributed by atoms with Crippen LogP contribution < -0.4 is 14.4 Å². The third-order valence-corrected chi connectivity index (χ3v) is 8.42. The molecule has 214 valence electrons. The molecule has 0 spiro atoms. The van der Waals surface area contributed by atoms with Crippen LogP contribution in [0, 0.1) is 12.7 Å². The van der Waals surface area contributed by atoms with Crippen LogP contribution in [0.2, 0.25) is 0 Å². The van der Waals surface area contributed by atoms with Gasteiger partial charge in [0.25, 0.3) is 10.0 Å². The Labute approximate surface area is 235 Å². The Morgan fingerprint density at radius 1 is 1.00 bits per heavy atom. The van der Waals surface area contributed by atoms with E-state index in [2.05, 4.69) is 5.32 Å². The van der Waals surface area contributed by atoms with Crippen molar-refractivity contribution >= 4 is 27.5 Å². The van der Waals surface area contributed by atoms with E-state index in [-0.39, 0.29) is 34.8 Å². The highest BCUT2D eigenvalue weighted by Crippen LogP contribution is 2.33. The van der Waals surface area contributed by atoms with Crippen LogP contribution in [0.1, 0.15) is 38.3 Å². The number of rotatable bonds is 12. The van der Waals surface area contributed by atoms with Crippen LogP contribution in [0.25, 0.3) is 0 Å². The highest BCUT2D eigenvalue weighted by molar-refractivity contribution is 7.92. The molecule has 0 saturated heterocycles. The van der Waals surface area contributed by atoms with Crippen molar-refractivity contribution in [3.05, 3.63) is 89.7 Å². The molecular weight excluding hydrogens is 533 g/mol. The standard InChI is InChI=1S/C30H36FN3O5S/c1-6-22(3)32-30(36)23(4)33(19-24-13-15-25(31)16-14-24)29(35)20-34(27-18-21(2)12-17-28(27)39-5)40(37,38)26-10-8-7-9-11-26/h7-18,22-23H,6,19-20H2,1-5H3,(H,32,36). The van der Waals surface area contributed by atoms with Crippen molar-refractivity contribution in [3.63, 3.8) is 0 Å². The number of aryl methyl sites for hydroxylation is 1. The van der Waals surface area contributed by atoms with E-state index in [0.29, 0.717) is 12.0 Å². The number of benzene rings is 3. The number of methoxy groups -OCH3 is 1. The molecule has 0 aliphatic carbocycles. The van der Waals surface area contributed by atoms with Gasteiger partial charge in [0.2, 0.25) is 11.8 Å². The van der Waals surface area contributed by atoms with E-state index in [1.165, 1.54) is 48.4 Å². The quantitative estimate of drug-likeness (QED) is 0.342. The van der Waals surface area contributed by atoms with Crippen molar-refractivity contribution in [2.45, 2.75) is 57.6 Å². The molecule has 2 atom stereocenters. The minimum atomic E-state index is -4.22. The summed E-state index contributed by atoms with van der Waals surface area (Å²) in [5, 5.41) is 2.88. The predicted octanol–water partition coefficient (Wildman–Crippen LogP) is 4.67. The molecule has 0 bridgehead atoms. The van der Waals surface area contributed by atoms with E-state index in [4.69, 9.17) is 4.74 Å². The fourth-order valence-corrected chi connectivity index (χ4v) is 5.50. The molecule has 1 N–H and O–H groups in total. The molecule has 0 radical (unpaired) electrons. The fourth-order valence-electron chi connectivity index (χ4n) is 4.06. The van der Waals surface area contributed by atoms with Crippen LogP contribution in [-0.2, 0) is 26.2 Å². The van der Waals surface area contributed by atoms with E-state index in [1.54, 1.807) is 50.2 Å². The first kappa shape index (κ1) is 30.6. The summed E-state index contributed by atoms with van der Waals surface area (Å²) in [5.41, 5.74) is 1.54. The summed E-state index contributed by atoms with van der Waals surface area (Å²) in [6, 6.07) is 17.4. The number of ether oxygens (including phenoxy) is 1. The maximum atomic E-state index is 14.0. The SMILES string of the molecule is CCC(C)NC(=O)C(C)N(Cc1ccc(F)cc1)C(=O)CN(c1cc(C)ccc1OC)S(=O)(=O)c1ccccc1. The highest BCUT2D eigenvalue weighted by Gasteiger charge is 2.34. The molecule has 0 saturated carbocycles. The van der Waals surface area contributed by atoms with Gasteiger partial charge in [-0.3, -0.25) is 13.9 Å². The molecule has 3 aromatic rings. The van der Waals surface area contributed by atoms with Gasteiger partial charge in [0, 0.05) is 12.6 Å². The summed E-state index contributed by atoms with van der Waals surface area (Å²) < 4.78 is 47.9. The largest absolute Gasteiger partial charge is 0.495 e. The molecule has 0 heterocycles. The van der Waals surface area contributed by atoms with E-state index >= 15 is 0 Å². The van der Waals surface area contributed by atoms with Crippen LogP contribution in [0.4, 0.5) is 10.1 Å². The van der Waals surface area contributed by atoms with Gasteiger partial charge in [-0.05, 0) is 74.7 Å². The zero-order chi connectivity index (χ0) is 29.4. The minimum absolute atomic E-state index is 0.000920. The monoisotopic (exact) mass is 569 g/mol. The lowest BCUT2D eigenvalue weighted by Crippen LogP contribution is -2.52. The average molecular weight is 570 g/mol. The van der Waals surface area contributed by atoms with E-state index < -0.39 is 34.3 Å². The lowest BCUT2D eigenvalue weighted by molar-refractivity contribution is -0.139. The minimum Gasteiger partial charge on any atom is -0.495 e. The third kappa shape index (κ3) is 7.38. The number of carbonyl (C=O) groups excluding carboxylic acids is 2. The molecule has 3 rings (SSSR count). The number of hydrogen-bond donors (Lipinski definition) is 1. The molecule has 0 aromatic heterocycles. The topological polar surface area (TPSA) is 96.0 Å². The lowest BCUT2D eigenvalue weighted by Gasteiger charge is -2.33. The van der Waals surface area contributed by atoms with Gasteiger partial charge in [-0.15, -0.1) is 0 Å². The van der Waals surface area contributed by atoms with Gasteiger partial charge in [-0.25, -0.2) is 12.8 Å². The number of carbonyl (C=O) groups is 2. The van der Waals surface area contributed by atoms with Crippen LogP contribution in [0.15, 0.2) is 77.7 Å². The van der Waals surface area contributed by atoms with Crippen LogP contribution in [0.3, 0.4) is 0 Å². The average Bonchev–Trinajstić information content (AvgIpc) is 2.95. The summed E-state index contributed by atoms with van der Waals surface area (Å²) >= 11 is 0. The predicted molar refractivity (Wildman–Crippen MR) is 153 cm³/mol. The Morgan fingerprint density at radius 2 is 1.65 bits per heavy atom. The van der Waals surface area contributed by atoms with Gasteiger partial charge < -0.3 is 15.0 Å². The van der Waals surface area contributed by atoms with Crippen molar-refractivity contribution in [2.24, 2.45) is 0 Å². The van der Waals surface area contributed by atoms with Gasteiger partial charge in [0.15, 0.2) is 0 Å². The molecular formula is C30H36FN3O5S. The number of sulfonamides is 1. The van der Waals surface area contributed by atoms with Crippen molar-refractivity contribution in [1.82, 2.24) is 10.2 Å². The maximum Gasteiger partial charge on any atom is 0.264 e. The van der Waals surface area contributed by atoms with Crippen LogP contribution in [0.5, 0.6) is 5.75 Å². The first-order chi connectivity index (χ1) is 19.0. The molecule has 0 aliphatic heterocycles. The molecule has 40 heavy (non-hydrogen) atoms. The summed E-state index contributed by atoms with van der Waals surface area (Å²) in [6.07, 6.45) is 0.695. The van der Waals surface area contributed by atoms with Gasteiger partial charge in [-0.1, -0.05) is 43.3 Å². The number of hydrogen-bond acceptors (Lipinski definition) is 5. The second-order valence-electron chi connectivity index (χ2n) is 9.64. The molecule has 3 aromatic carbocycles. The van der Waals surface area contributed by atoms with Crippen LogP contribution in [-0.4, -0.2) is 50.9 Å². The first-order valence-electron chi connectivity index (χ1n) is 13.0.